The molecule has 1 aromatic heterocycles. The summed E-state index contributed by atoms with van der Waals surface area (Å²) in [4.78, 5) is 4.50. The van der Waals surface area contributed by atoms with Gasteiger partial charge in [-0.1, -0.05) is 35.9 Å². The number of hydrogen-bond acceptors (Lipinski definition) is 5. The molecule has 5 nitrogen and oxygen atoms in total. The van der Waals surface area contributed by atoms with E-state index in [1.807, 2.05) is 30.3 Å². The highest BCUT2D eigenvalue weighted by molar-refractivity contribution is 5.80. The zero-order chi connectivity index (χ0) is 21.1. The zero-order valence-electron chi connectivity index (χ0n) is 17.4. The van der Waals surface area contributed by atoms with Gasteiger partial charge in [-0.2, -0.15) is 5.26 Å². The van der Waals surface area contributed by atoms with E-state index in [-0.39, 0.29) is 0 Å². The molecule has 1 aliphatic rings. The number of nitrogens with two attached hydrogens (primary N) is 1. The van der Waals surface area contributed by atoms with Gasteiger partial charge in [0.05, 0.1) is 7.11 Å². The molecule has 0 amide bonds. The van der Waals surface area contributed by atoms with Gasteiger partial charge in [0.15, 0.2) is 11.5 Å². The van der Waals surface area contributed by atoms with E-state index in [0.717, 1.165) is 53.6 Å². The van der Waals surface area contributed by atoms with Crippen LogP contribution in [0.15, 0.2) is 42.5 Å². The standard InChI is InChI=1S/C25H25N3O2/c1-16-6-5-7-17(12-16)15-30-22-11-10-18(13-23(22)29-2)24-19-8-3-4-9-21(19)28-25(27)20(24)14-26/h5-7,10-13H,3-4,8-9,15H2,1-2H3,(H2,27,28). The van der Waals surface area contributed by atoms with Gasteiger partial charge in [-0.3, -0.25) is 0 Å². The van der Waals surface area contributed by atoms with Gasteiger partial charge in [0, 0.05) is 11.3 Å². The van der Waals surface area contributed by atoms with Crippen molar-refractivity contribution in [2.75, 3.05) is 12.8 Å². The number of hydrogen-bond donors (Lipinski definition) is 1. The van der Waals surface area contributed by atoms with E-state index < -0.39 is 0 Å². The van der Waals surface area contributed by atoms with Crippen LogP contribution in [0.5, 0.6) is 11.5 Å². The summed E-state index contributed by atoms with van der Waals surface area (Å²) < 4.78 is 11.6. The molecular formula is C25H25N3O2. The molecule has 30 heavy (non-hydrogen) atoms. The molecule has 4 rings (SSSR count). The lowest BCUT2D eigenvalue weighted by Crippen LogP contribution is -2.12. The van der Waals surface area contributed by atoms with Crippen molar-refractivity contribution >= 4 is 5.82 Å². The summed E-state index contributed by atoms with van der Waals surface area (Å²) in [5.41, 5.74) is 12.8. The average Bonchev–Trinajstić information content (AvgIpc) is 2.76. The molecule has 0 unspecified atom stereocenters. The van der Waals surface area contributed by atoms with Gasteiger partial charge >= 0.3 is 0 Å². The van der Waals surface area contributed by atoms with Crippen LogP contribution < -0.4 is 15.2 Å². The number of pyridine rings is 1. The van der Waals surface area contributed by atoms with Crippen molar-refractivity contribution < 1.29 is 9.47 Å². The van der Waals surface area contributed by atoms with Gasteiger partial charge < -0.3 is 15.2 Å². The minimum atomic E-state index is 0.298. The number of nitrogens with zero attached hydrogens (tertiary/aromatic N) is 2. The van der Waals surface area contributed by atoms with Crippen molar-refractivity contribution in [3.05, 3.63) is 70.4 Å². The largest absolute Gasteiger partial charge is 0.493 e. The van der Waals surface area contributed by atoms with Crippen molar-refractivity contribution in [3.8, 4) is 28.7 Å². The molecule has 5 heteroatoms. The zero-order valence-corrected chi connectivity index (χ0v) is 17.4. The van der Waals surface area contributed by atoms with Crippen molar-refractivity contribution in [2.24, 2.45) is 0 Å². The first-order valence-corrected chi connectivity index (χ1v) is 10.2. The highest BCUT2D eigenvalue weighted by Crippen LogP contribution is 2.39. The molecule has 1 heterocycles. The molecule has 0 bridgehead atoms. The fourth-order valence-corrected chi connectivity index (χ4v) is 4.10. The maximum atomic E-state index is 9.75. The number of anilines is 1. The van der Waals surface area contributed by atoms with Gasteiger partial charge in [0.25, 0.3) is 0 Å². The Bertz CT molecular complexity index is 1130. The van der Waals surface area contributed by atoms with Gasteiger partial charge in [-0.25, -0.2) is 4.98 Å². The van der Waals surface area contributed by atoms with Crippen molar-refractivity contribution in [3.63, 3.8) is 0 Å². The second-order valence-electron chi connectivity index (χ2n) is 7.63. The first kappa shape index (κ1) is 19.8. The maximum absolute atomic E-state index is 9.75. The van der Waals surface area contributed by atoms with Crippen LogP contribution in [-0.2, 0) is 19.4 Å². The first-order valence-electron chi connectivity index (χ1n) is 10.2. The molecular weight excluding hydrogens is 374 g/mol. The fraction of sp³-hybridized carbons (Fsp3) is 0.280. The molecule has 0 saturated carbocycles. The van der Waals surface area contributed by atoms with Crippen molar-refractivity contribution in [2.45, 2.75) is 39.2 Å². The Hall–Kier alpha value is -3.52. The molecule has 0 saturated heterocycles. The first-order chi connectivity index (χ1) is 14.6. The molecule has 0 atom stereocenters. The Morgan fingerprint density at radius 1 is 1.10 bits per heavy atom. The monoisotopic (exact) mass is 399 g/mol. The van der Waals surface area contributed by atoms with Crippen molar-refractivity contribution in [1.29, 1.82) is 5.26 Å². The Morgan fingerprint density at radius 2 is 1.93 bits per heavy atom. The summed E-state index contributed by atoms with van der Waals surface area (Å²) in [6, 6.07) is 16.3. The Labute approximate surface area is 177 Å². The van der Waals surface area contributed by atoms with Crippen LogP contribution in [0.1, 0.15) is 40.8 Å². The van der Waals surface area contributed by atoms with Crippen molar-refractivity contribution in [1.82, 2.24) is 4.98 Å². The number of rotatable bonds is 5. The van der Waals surface area contributed by atoms with E-state index in [2.05, 4.69) is 30.1 Å². The maximum Gasteiger partial charge on any atom is 0.161 e. The van der Waals surface area contributed by atoms with E-state index in [0.29, 0.717) is 29.5 Å². The number of ether oxygens (including phenoxy) is 2. The van der Waals surface area contributed by atoms with E-state index in [1.165, 1.54) is 5.56 Å². The topological polar surface area (TPSA) is 81.2 Å². The molecule has 0 aliphatic heterocycles. The minimum Gasteiger partial charge on any atom is -0.493 e. The van der Waals surface area contributed by atoms with Gasteiger partial charge in [-0.15, -0.1) is 0 Å². The highest BCUT2D eigenvalue weighted by atomic mass is 16.5. The Morgan fingerprint density at radius 3 is 2.70 bits per heavy atom. The van der Waals surface area contributed by atoms with E-state index in [9.17, 15) is 5.26 Å². The fourth-order valence-electron chi connectivity index (χ4n) is 4.10. The highest BCUT2D eigenvalue weighted by Gasteiger charge is 2.22. The SMILES string of the molecule is COc1cc(-c2c(C#N)c(N)nc3c2CCCC3)ccc1OCc1cccc(C)c1. The smallest absolute Gasteiger partial charge is 0.161 e. The lowest BCUT2D eigenvalue weighted by atomic mass is 9.86. The molecule has 3 aromatic rings. The van der Waals surface area contributed by atoms with Crippen LogP contribution in [0, 0.1) is 18.3 Å². The molecule has 0 spiro atoms. The molecule has 152 valence electrons. The van der Waals surface area contributed by atoms with Crippen LogP contribution in [0.2, 0.25) is 0 Å². The third-order valence-electron chi connectivity index (χ3n) is 5.54. The lowest BCUT2D eigenvalue weighted by molar-refractivity contribution is 0.284. The summed E-state index contributed by atoms with van der Waals surface area (Å²) in [5.74, 6) is 1.59. The minimum absolute atomic E-state index is 0.298. The summed E-state index contributed by atoms with van der Waals surface area (Å²) >= 11 is 0. The normalized spacial score (nSPS) is 12.7. The Kier molecular flexibility index (Phi) is 5.58. The average molecular weight is 399 g/mol. The predicted octanol–water partition coefficient (Wildman–Crippen LogP) is 4.98. The Balaban J connectivity index is 1.71. The third kappa shape index (κ3) is 3.81. The number of nitrogen functional groups attached to an aromatic ring is 1. The van der Waals surface area contributed by atoms with Crippen LogP contribution in [0.3, 0.4) is 0 Å². The van der Waals surface area contributed by atoms with Crippen LogP contribution >= 0.6 is 0 Å². The van der Waals surface area contributed by atoms with Crippen LogP contribution in [-0.4, -0.2) is 12.1 Å². The summed E-state index contributed by atoms with van der Waals surface area (Å²) in [5, 5.41) is 9.75. The second kappa shape index (κ2) is 8.46. The van der Waals surface area contributed by atoms with E-state index in [4.69, 9.17) is 15.2 Å². The second-order valence-corrected chi connectivity index (χ2v) is 7.63. The quantitative estimate of drug-likeness (QED) is 0.654. The number of benzene rings is 2. The summed E-state index contributed by atoms with van der Waals surface area (Å²) in [6.07, 6.45) is 3.98. The van der Waals surface area contributed by atoms with Gasteiger partial charge in [0.2, 0.25) is 0 Å². The number of aryl methyl sites for hydroxylation is 2. The predicted molar refractivity (Wildman–Crippen MR) is 118 cm³/mol. The number of aromatic nitrogens is 1. The number of methoxy groups -OCH3 is 1. The number of fused-ring (bicyclic) bond motifs is 1. The summed E-state index contributed by atoms with van der Waals surface area (Å²) in [7, 11) is 1.63. The molecule has 0 fully saturated rings. The van der Waals surface area contributed by atoms with Gasteiger partial charge in [-0.05, 0) is 61.4 Å². The third-order valence-corrected chi connectivity index (χ3v) is 5.54. The van der Waals surface area contributed by atoms with Crippen LogP contribution in [0.4, 0.5) is 5.82 Å². The molecule has 2 N–H and O–H groups in total. The summed E-state index contributed by atoms with van der Waals surface area (Å²) in [6.45, 7) is 2.52. The molecule has 1 aliphatic carbocycles. The molecule has 0 radical (unpaired) electrons. The van der Waals surface area contributed by atoms with Crippen LogP contribution in [0.25, 0.3) is 11.1 Å². The van der Waals surface area contributed by atoms with Gasteiger partial charge in [0.1, 0.15) is 24.1 Å². The van der Waals surface area contributed by atoms with E-state index >= 15 is 0 Å². The number of nitriles is 1. The van der Waals surface area contributed by atoms with E-state index in [1.54, 1.807) is 7.11 Å². The molecule has 2 aromatic carbocycles. The lowest BCUT2D eigenvalue weighted by Gasteiger charge is -2.21.